The summed E-state index contributed by atoms with van der Waals surface area (Å²) in [6.45, 7) is 1.81. The van der Waals surface area contributed by atoms with Crippen molar-refractivity contribution in [3.8, 4) is 0 Å². The van der Waals surface area contributed by atoms with Crippen molar-refractivity contribution in [2.45, 2.75) is 25.9 Å². The van der Waals surface area contributed by atoms with Crippen LogP contribution in [0.4, 0.5) is 0 Å². The van der Waals surface area contributed by atoms with Gasteiger partial charge in [0.15, 0.2) is 0 Å². The molecule has 15 heavy (non-hydrogen) atoms. The second-order valence-corrected chi connectivity index (χ2v) is 3.88. The van der Waals surface area contributed by atoms with E-state index in [1.165, 1.54) is 5.39 Å². The predicted octanol–water partition coefficient (Wildman–Crippen LogP) is 2.55. The van der Waals surface area contributed by atoms with Crippen LogP contribution in [0.15, 0.2) is 36.4 Å². The Balaban J connectivity index is 2.23. The lowest BCUT2D eigenvalue weighted by Crippen LogP contribution is -2.02. The Morgan fingerprint density at radius 1 is 1.20 bits per heavy atom. The molecule has 0 radical (unpaired) electrons. The lowest BCUT2D eigenvalue weighted by molar-refractivity contribution is 0.184. The van der Waals surface area contributed by atoms with E-state index in [0.29, 0.717) is 0 Å². The number of pyridine rings is 1. The largest absolute Gasteiger partial charge is 0.393 e. The number of aliphatic hydroxyl groups is 1. The molecule has 2 rings (SSSR count). The van der Waals surface area contributed by atoms with Gasteiger partial charge in [-0.2, -0.15) is 0 Å². The number of aryl methyl sites for hydroxylation is 1. The van der Waals surface area contributed by atoms with Gasteiger partial charge in [0.1, 0.15) is 0 Å². The predicted molar refractivity (Wildman–Crippen MR) is 61.7 cm³/mol. The highest BCUT2D eigenvalue weighted by molar-refractivity contribution is 5.78. The molecule has 0 saturated heterocycles. The molecule has 0 aliphatic carbocycles. The Hall–Kier alpha value is -1.41. The third-order valence-corrected chi connectivity index (χ3v) is 2.47. The fourth-order valence-electron chi connectivity index (χ4n) is 1.60. The van der Waals surface area contributed by atoms with Gasteiger partial charge in [-0.05, 0) is 31.9 Å². The van der Waals surface area contributed by atoms with Crippen LogP contribution in [0.5, 0.6) is 0 Å². The van der Waals surface area contributed by atoms with Crippen LogP contribution >= 0.6 is 0 Å². The first-order valence-corrected chi connectivity index (χ1v) is 5.28. The molecule has 1 aromatic heterocycles. The number of hydrogen-bond acceptors (Lipinski definition) is 2. The molecule has 0 aliphatic rings. The molecular formula is C13H15NO. The van der Waals surface area contributed by atoms with E-state index in [9.17, 15) is 5.11 Å². The van der Waals surface area contributed by atoms with Gasteiger partial charge in [-0.25, -0.2) is 0 Å². The van der Waals surface area contributed by atoms with E-state index < -0.39 is 0 Å². The van der Waals surface area contributed by atoms with Gasteiger partial charge in [-0.3, -0.25) is 4.98 Å². The van der Waals surface area contributed by atoms with E-state index in [1.807, 2.05) is 24.3 Å². The fourth-order valence-corrected chi connectivity index (χ4v) is 1.60. The summed E-state index contributed by atoms with van der Waals surface area (Å²) in [6.07, 6.45) is 1.35. The Labute approximate surface area is 89.6 Å². The van der Waals surface area contributed by atoms with Crippen LogP contribution in [-0.4, -0.2) is 16.2 Å². The van der Waals surface area contributed by atoms with Crippen molar-refractivity contribution >= 4 is 10.9 Å². The zero-order valence-corrected chi connectivity index (χ0v) is 8.85. The summed E-state index contributed by atoms with van der Waals surface area (Å²) >= 11 is 0. The number of nitrogens with zero attached hydrogens (tertiary/aromatic N) is 1. The zero-order chi connectivity index (χ0) is 10.7. The molecule has 0 spiro atoms. The van der Waals surface area contributed by atoms with Crippen molar-refractivity contribution < 1.29 is 5.11 Å². The Bertz CT molecular complexity index is 451. The van der Waals surface area contributed by atoms with Crippen molar-refractivity contribution in [1.82, 2.24) is 4.98 Å². The zero-order valence-electron chi connectivity index (χ0n) is 8.85. The molecule has 1 aromatic carbocycles. The molecule has 0 amide bonds. The quantitative estimate of drug-likeness (QED) is 0.827. The second kappa shape index (κ2) is 4.41. The van der Waals surface area contributed by atoms with Crippen LogP contribution in [0.2, 0.25) is 0 Å². The van der Waals surface area contributed by atoms with Crippen LogP contribution in [-0.2, 0) is 6.42 Å². The summed E-state index contributed by atoms with van der Waals surface area (Å²) < 4.78 is 0. The molecule has 0 fully saturated rings. The number of hydrogen-bond donors (Lipinski definition) is 1. The van der Waals surface area contributed by atoms with E-state index >= 15 is 0 Å². The number of aliphatic hydroxyl groups excluding tert-OH is 1. The van der Waals surface area contributed by atoms with Crippen LogP contribution < -0.4 is 0 Å². The minimum Gasteiger partial charge on any atom is -0.393 e. The Kier molecular flexibility index (Phi) is 2.97. The third-order valence-electron chi connectivity index (χ3n) is 2.47. The topological polar surface area (TPSA) is 33.1 Å². The molecular weight excluding hydrogens is 186 g/mol. The minimum absolute atomic E-state index is 0.252. The van der Waals surface area contributed by atoms with Crippen molar-refractivity contribution in [2.24, 2.45) is 0 Å². The first kappa shape index (κ1) is 10.1. The summed E-state index contributed by atoms with van der Waals surface area (Å²) in [5.74, 6) is 0. The van der Waals surface area contributed by atoms with Crippen LogP contribution in [0.1, 0.15) is 19.0 Å². The monoisotopic (exact) mass is 201 g/mol. The summed E-state index contributed by atoms with van der Waals surface area (Å²) in [5.41, 5.74) is 2.08. The smallest absolute Gasteiger partial charge is 0.0705 e. The fraction of sp³-hybridized carbons (Fsp3) is 0.308. The molecule has 2 nitrogen and oxygen atoms in total. The third kappa shape index (κ3) is 2.54. The molecule has 0 unspecified atom stereocenters. The number of aromatic nitrogens is 1. The van der Waals surface area contributed by atoms with E-state index in [-0.39, 0.29) is 6.10 Å². The van der Waals surface area contributed by atoms with Crippen molar-refractivity contribution in [3.05, 3.63) is 42.1 Å². The highest BCUT2D eigenvalue weighted by atomic mass is 16.3. The molecule has 2 heteroatoms. The highest BCUT2D eigenvalue weighted by Gasteiger charge is 2.00. The Morgan fingerprint density at radius 3 is 2.80 bits per heavy atom. The van der Waals surface area contributed by atoms with E-state index in [0.717, 1.165) is 24.1 Å². The number of benzene rings is 1. The summed E-state index contributed by atoms with van der Waals surface area (Å²) in [6, 6.07) is 12.2. The molecule has 1 atom stereocenters. The molecule has 1 N–H and O–H groups in total. The molecule has 1 heterocycles. The van der Waals surface area contributed by atoms with E-state index in [2.05, 4.69) is 17.1 Å². The average molecular weight is 201 g/mol. The maximum Gasteiger partial charge on any atom is 0.0705 e. The van der Waals surface area contributed by atoms with Gasteiger partial charge in [0.2, 0.25) is 0 Å². The lowest BCUT2D eigenvalue weighted by atomic mass is 10.1. The van der Waals surface area contributed by atoms with Crippen molar-refractivity contribution in [1.29, 1.82) is 0 Å². The maximum atomic E-state index is 9.20. The van der Waals surface area contributed by atoms with Gasteiger partial charge in [-0.1, -0.05) is 24.3 Å². The standard InChI is InChI=1S/C13H15NO/c1-10(15)6-8-12-9-7-11-4-2-3-5-13(11)14-12/h2-5,7,9-10,15H,6,8H2,1H3/t10-/m1/s1. The van der Waals surface area contributed by atoms with E-state index in [4.69, 9.17) is 0 Å². The van der Waals surface area contributed by atoms with Gasteiger partial charge in [0, 0.05) is 11.1 Å². The lowest BCUT2D eigenvalue weighted by Gasteiger charge is -2.04. The second-order valence-electron chi connectivity index (χ2n) is 3.88. The molecule has 0 bridgehead atoms. The summed E-state index contributed by atoms with van der Waals surface area (Å²) in [4.78, 5) is 4.54. The molecule has 0 saturated carbocycles. The van der Waals surface area contributed by atoms with E-state index in [1.54, 1.807) is 6.92 Å². The first-order valence-electron chi connectivity index (χ1n) is 5.28. The first-order chi connectivity index (χ1) is 7.25. The van der Waals surface area contributed by atoms with Gasteiger partial charge < -0.3 is 5.11 Å². The van der Waals surface area contributed by atoms with Crippen molar-refractivity contribution in [3.63, 3.8) is 0 Å². The van der Waals surface area contributed by atoms with Crippen LogP contribution in [0, 0.1) is 0 Å². The normalized spacial score (nSPS) is 12.9. The van der Waals surface area contributed by atoms with Crippen LogP contribution in [0.3, 0.4) is 0 Å². The highest BCUT2D eigenvalue weighted by Crippen LogP contribution is 2.13. The minimum atomic E-state index is -0.252. The van der Waals surface area contributed by atoms with Crippen molar-refractivity contribution in [2.75, 3.05) is 0 Å². The SMILES string of the molecule is C[C@@H](O)CCc1ccc2ccccc2n1. The molecule has 0 aliphatic heterocycles. The average Bonchev–Trinajstić information content (AvgIpc) is 2.26. The Morgan fingerprint density at radius 2 is 2.00 bits per heavy atom. The van der Waals surface area contributed by atoms with Gasteiger partial charge in [0.05, 0.1) is 11.6 Å². The summed E-state index contributed by atoms with van der Waals surface area (Å²) in [5, 5.41) is 10.4. The number of rotatable bonds is 3. The van der Waals surface area contributed by atoms with Gasteiger partial charge in [-0.15, -0.1) is 0 Å². The summed E-state index contributed by atoms with van der Waals surface area (Å²) in [7, 11) is 0. The number of para-hydroxylation sites is 1. The molecule has 78 valence electrons. The van der Waals surface area contributed by atoms with Gasteiger partial charge in [0.25, 0.3) is 0 Å². The molecule has 2 aromatic rings. The van der Waals surface area contributed by atoms with Crippen LogP contribution in [0.25, 0.3) is 10.9 Å². The number of fused-ring (bicyclic) bond motifs is 1. The maximum absolute atomic E-state index is 9.20. The van der Waals surface area contributed by atoms with Gasteiger partial charge >= 0.3 is 0 Å².